The Kier molecular flexibility index (Phi) is 4.04. The second-order valence-electron chi connectivity index (χ2n) is 5.90. The van der Waals surface area contributed by atoms with Crippen molar-refractivity contribution in [1.82, 2.24) is 15.1 Å². The maximum Gasteiger partial charge on any atom is 0.224 e. The van der Waals surface area contributed by atoms with Crippen LogP contribution >= 0.6 is 0 Å². The number of carbonyl (C=O) groups excluding carboxylic acids is 1. The minimum atomic E-state index is 0.0934. The maximum atomic E-state index is 12.2. The number of aromatic nitrogens is 2. The number of benzene rings is 1. The van der Waals surface area contributed by atoms with E-state index in [-0.39, 0.29) is 11.9 Å². The lowest BCUT2D eigenvalue weighted by Gasteiger charge is -2.18. The van der Waals surface area contributed by atoms with Gasteiger partial charge in [0.05, 0.1) is 12.6 Å². The van der Waals surface area contributed by atoms with Gasteiger partial charge >= 0.3 is 0 Å². The first-order valence-electron chi connectivity index (χ1n) is 7.51. The van der Waals surface area contributed by atoms with E-state index < -0.39 is 0 Å². The van der Waals surface area contributed by atoms with Gasteiger partial charge in [0.25, 0.3) is 0 Å². The number of carbonyl (C=O) groups is 1. The van der Waals surface area contributed by atoms with E-state index in [1.54, 1.807) is 10.9 Å². The molecule has 1 aromatic carbocycles. The van der Waals surface area contributed by atoms with Crippen molar-refractivity contribution in [2.75, 3.05) is 0 Å². The third-order valence-corrected chi connectivity index (χ3v) is 3.96. The Morgan fingerprint density at radius 2 is 2.10 bits per heavy atom. The molecule has 1 aromatic heterocycles. The fourth-order valence-corrected chi connectivity index (χ4v) is 2.71. The largest absolute Gasteiger partial charge is 0.352 e. The normalized spacial score (nSPS) is 15.7. The summed E-state index contributed by atoms with van der Waals surface area (Å²) >= 11 is 0. The molecular weight excluding hydrogens is 262 g/mol. The molecule has 2 aromatic rings. The zero-order chi connectivity index (χ0) is 14.7. The summed E-state index contributed by atoms with van der Waals surface area (Å²) in [4.78, 5) is 12.2. The number of nitrogens with zero attached hydrogens (tertiary/aromatic N) is 2. The molecule has 1 fully saturated rings. The lowest BCUT2D eigenvalue weighted by Crippen LogP contribution is -2.38. The van der Waals surface area contributed by atoms with Crippen molar-refractivity contribution in [1.29, 1.82) is 0 Å². The number of hydrogen-bond donors (Lipinski definition) is 1. The fraction of sp³-hybridized carbons (Fsp3) is 0.412. The molecule has 1 N–H and O–H groups in total. The van der Waals surface area contributed by atoms with E-state index in [2.05, 4.69) is 34.7 Å². The van der Waals surface area contributed by atoms with E-state index in [4.69, 9.17) is 0 Å². The van der Waals surface area contributed by atoms with Gasteiger partial charge in [-0.3, -0.25) is 9.48 Å². The molecule has 4 heteroatoms. The highest BCUT2D eigenvalue weighted by Gasteiger charge is 2.32. The highest BCUT2D eigenvalue weighted by Crippen LogP contribution is 2.34. The Labute approximate surface area is 125 Å². The second kappa shape index (κ2) is 6.12. The van der Waals surface area contributed by atoms with Crippen molar-refractivity contribution >= 4 is 5.91 Å². The number of amides is 1. The molecule has 1 unspecified atom stereocenters. The first-order chi connectivity index (χ1) is 10.2. The van der Waals surface area contributed by atoms with Crippen LogP contribution in [0.15, 0.2) is 42.7 Å². The van der Waals surface area contributed by atoms with Crippen LogP contribution in [0.5, 0.6) is 0 Å². The summed E-state index contributed by atoms with van der Waals surface area (Å²) in [6.45, 7) is 0. The summed E-state index contributed by atoms with van der Waals surface area (Å²) in [5.74, 6) is 0.735. The van der Waals surface area contributed by atoms with Crippen LogP contribution in [0, 0.1) is 5.92 Å². The fourth-order valence-electron chi connectivity index (χ4n) is 2.71. The molecule has 3 rings (SSSR count). The average molecular weight is 283 g/mol. The van der Waals surface area contributed by atoms with Crippen LogP contribution in [0.2, 0.25) is 0 Å². The minimum absolute atomic E-state index is 0.0934. The summed E-state index contributed by atoms with van der Waals surface area (Å²) in [7, 11) is 1.86. The first kappa shape index (κ1) is 13.9. The van der Waals surface area contributed by atoms with Crippen LogP contribution in [-0.2, 0) is 24.7 Å². The Morgan fingerprint density at radius 1 is 1.33 bits per heavy atom. The van der Waals surface area contributed by atoms with E-state index >= 15 is 0 Å². The molecule has 0 radical (unpaired) electrons. The van der Waals surface area contributed by atoms with Crippen LogP contribution in [0.1, 0.15) is 24.0 Å². The van der Waals surface area contributed by atoms with Crippen molar-refractivity contribution in [3.05, 3.63) is 53.9 Å². The number of nitrogens with one attached hydrogen (secondary N) is 1. The number of rotatable bonds is 6. The monoisotopic (exact) mass is 283 g/mol. The van der Waals surface area contributed by atoms with Crippen LogP contribution in [0.3, 0.4) is 0 Å². The molecule has 0 bridgehead atoms. The maximum absolute atomic E-state index is 12.2. The molecule has 1 heterocycles. The number of hydrogen-bond acceptors (Lipinski definition) is 2. The molecule has 1 aliphatic carbocycles. The molecule has 1 saturated carbocycles. The quantitative estimate of drug-likeness (QED) is 0.882. The van der Waals surface area contributed by atoms with Gasteiger partial charge in [0, 0.05) is 19.3 Å². The Bertz CT molecular complexity index is 602. The predicted octanol–water partition coefficient (Wildman–Crippen LogP) is 2.10. The lowest BCUT2D eigenvalue weighted by molar-refractivity contribution is -0.121. The van der Waals surface area contributed by atoms with Gasteiger partial charge in [-0.15, -0.1) is 0 Å². The third kappa shape index (κ3) is 3.94. The van der Waals surface area contributed by atoms with Crippen molar-refractivity contribution in [3.8, 4) is 0 Å². The molecule has 0 spiro atoms. The Morgan fingerprint density at radius 3 is 2.71 bits per heavy atom. The van der Waals surface area contributed by atoms with Crippen LogP contribution in [0.25, 0.3) is 0 Å². The Hall–Kier alpha value is -2.10. The van der Waals surface area contributed by atoms with Gasteiger partial charge in [-0.25, -0.2) is 0 Å². The summed E-state index contributed by atoms with van der Waals surface area (Å²) < 4.78 is 1.73. The molecule has 1 atom stereocenters. The van der Waals surface area contributed by atoms with Gasteiger partial charge in [0.15, 0.2) is 0 Å². The molecule has 1 aliphatic rings. The molecule has 4 nitrogen and oxygen atoms in total. The van der Waals surface area contributed by atoms with Gasteiger partial charge in [0.2, 0.25) is 5.91 Å². The average Bonchev–Trinajstić information content (AvgIpc) is 3.23. The van der Waals surface area contributed by atoms with Crippen molar-refractivity contribution in [2.45, 2.75) is 31.7 Å². The summed E-state index contributed by atoms with van der Waals surface area (Å²) in [6.07, 6.45) is 7.43. The molecule has 0 aliphatic heterocycles. The standard InChI is InChI=1S/C17H21N3O/c1-20-12-14(11-18-20)10-17(21)19-16(15-7-8-15)9-13-5-3-2-4-6-13/h2-6,11-12,15-16H,7-10H2,1H3,(H,19,21). The smallest absolute Gasteiger partial charge is 0.224 e. The van der Waals surface area contributed by atoms with Gasteiger partial charge in [0.1, 0.15) is 0 Å². The van der Waals surface area contributed by atoms with Crippen molar-refractivity contribution < 1.29 is 4.79 Å². The highest BCUT2D eigenvalue weighted by molar-refractivity contribution is 5.78. The first-order valence-corrected chi connectivity index (χ1v) is 7.51. The van der Waals surface area contributed by atoms with Crippen LogP contribution in [0.4, 0.5) is 0 Å². The number of aryl methyl sites for hydroxylation is 1. The van der Waals surface area contributed by atoms with Gasteiger partial charge < -0.3 is 5.32 Å². The zero-order valence-electron chi connectivity index (χ0n) is 12.3. The molecule has 0 saturated heterocycles. The molecular formula is C17H21N3O. The summed E-state index contributed by atoms with van der Waals surface area (Å²) in [5, 5.41) is 7.31. The third-order valence-electron chi connectivity index (χ3n) is 3.96. The molecule has 110 valence electrons. The van der Waals surface area contributed by atoms with E-state index in [1.165, 1.54) is 18.4 Å². The van der Waals surface area contributed by atoms with E-state index in [0.717, 1.165) is 12.0 Å². The van der Waals surface area contributed by atoms with Crippen LogP contribution in [-0.4, -0.2) is 21.7 Å². The van der Waals surface area contributed by atoms with Gasteiger partial charge in [-0.2, -0.15) is 5.10 Å². The van der Waals surface area contributed by atoms with E-state index in [0.29, 0.717) is 12.3 Å². The second-order valence-corrected chi connectivity index (χ2v) is 5.90. The highest BCUT2D eigenvalue weighted by atomic mass is 16.1. The zero-order valence-corrected chi connectivity index (χ0v) is 12.3. The molecule has 21 heavy (non-hydrogen) atoms. The van der Waals surface area contributed by atoms with Crippen molar-refractivity contribution in [3.63, 3.8) is 0 Å². The molecule has 1 amide bonds. The predicted molar refractivity (Wildman–Crippen MR) is 81.7 cm³/mol. The minimum Gasteiger partial charge on any atom is -0.352 e. The topological polar surface area (TPSA) is 46.9 Å². The van der Waals surface area contributed by atoms with Gasteiger partial charge in [-0.1, -0.05) is 30.3 Å². The summed E-state index contributed by atoms with van der Waals surface area (Å²) in [6, 6.07) is 10.6. The Balaban J connectivity index is 1.58. The van der Waals surface area contributed by atoms with Crippen LogP contribution < -0.4 is 5.32 Å². The van der Waals surface area contributed by atoms with E-state index in [1.807, 2.05) is 19.3 Å². The lowest BCUT2D eigenvalue weighted by atomic mass is 10.0. The summed E-state index contributed by atoms with van der Waals surface area (Å²) in [5.41, 5.74) is 2.25. The SMILES string of the molecule is Cn1cc(CC(=O)NC(Cc2ccccc2)C2CC2)cn1. The van der Waals surface area contributed by atoms with Gasteiger partial charge in [-0.05, 0) is 36.3 Å². The van der Waals surface area contributed by atoms with Crippen molar-refractivity contribution in [2.24, 2.45) is 13.0 Å². The van der Waals surface area contributed by atoms with E-state index in [9.17, 15) is 4.79 Å².